The number of hydrogen-bond acceptors (Lipinski definition) is 1. The van der Waals surface area contributed by atoms with Crippen LogP contribution in [-0.2, 0) is 6.18 Å². The van der Waals surface area contributed by atoms with Gasteiger partial charge in [0.2, 0.25) is 0 Å². The monoisotopic (exact) mass is 360 g/mol. The molecule has 25 heavy (non-hydrogen) atoms. The van der Waals surface area contributed by atoms with Gasteiger partial charge in [-0.15, -0.1) is 0 Å². The number of rotatable bonds is 1. The first-order valence-corrected chi connectivity index (χ1v) is 7.97. The molecule has 2 heterocycles. The van der Waals surface area contributed by atoms with Crippen molar-refractivity contribution in [2.24, 2.45) is 0 Å². The van der Waals surface area contributed by atoms with E-state index in [1.807, 2.05) is 19.1 Å². The van der Waals surface area contributed by atoms with Crippen LogP contribution in [-0.4, -0.2) is 9.97 Å². The largest absolute Gasteiger partial charge is 0.418 e. The molecule has 6 heteroatoms. The summed E-state index contributed by atoms with van der Waals surface area (Å²) in [5, 5.41) is 1.90. The molecular weight excluding hydrogens is 349 g/mol. The Labute approximate surface area is 146 Å². The molecule has 0 saturated carbocycles. The van der Waals surface area contributed by atoms with Gasteiger partial charge in [-0.1, -0.05) is 23.7 Å². The minimum Gasteiger partial charge on any atom is -0.358 e. The molecule has 126 valence electrons. The first-order chi connectivity index (χ1) is 11.9. The number of aryl methyl sites for hydroxylation is 1. The van der Waals surface area contributed by atoms with Crippen LogP contribution in [0.15, 0.2) is 48.7 Å². The average molecular weight is 361 g/mol. The molecule has 4 rings (SSSR count). The first kappa shape index (κ1) is 16.0. The zero-order valence-electron chi connectivity index (χ0n) is 13.1. The van der Waals surface area contributed by atoms with E-state index in [1.165, 1.54) is 12.3 Å². The highest BCUT2D eigenvalue weighted by Gasteiger charge is 2.33. The van der Waals surface area contributed by atoms with E-state index >= 15 is 0 Å². The maximum Gasteiger partial charge on any atom is 0.418 e. The van der Waals surface area contributed by atoms with Crippen LogP contribution in [0, 0.1) is 6.92 Å². The molecule has 0 fully saturated rings. The van der Waals surface area contributed by atoms with Crippen molar-refractivity contribution in [1.82, 2.24) is 9.97 Å². The van der Waals surface area contributed by atoms with E-state index in [-0.39, 0.29) is 5.52 Å². The lowest BCUT2D eigenvalue weighted by molar-refractivity contribution is -0.136. The number of benzene rings is 2. The lowest BCUT2D eigenvalue weighted by Gasteiger charge is -2.12. The second-order valence-electron chi connectivity index (χ2n) is 5.87. The third-order valence-corrected chi connectivity index (χ3v) is 4.53. The van der Waals surface area contributed by atoms with Crippen molar-refractivity contribution < 1.29 is 13.2 Å². The summed E-state index contributed by atoms with van der Waals surface area (Å²) in [5.41, 5.74) is 2.49. The van der Waals surface area contributed by atoms with E-state index in [1.54, 1.807) is 18.2 Å². The molecule has 2 aromatic carbocycles. The minimum atomic E-state index is -4.45. The number of pyridine rings is 1. The number of nitrogens with one attached hydrogen (secondary N) is 1. The summed E-state index contributed by atoms with van der Waals surface area (Å²) in [5.74, 6) is 0. The van der Waals surface area contributed by atoms with Crippen LogP contribution in [0.2, 0.25) is 5.02 Å². The third kappa shape index (κ3) is 2.55. The summed E-state index contributed by atoms with van der Waals surface area (Å²) in [6, 6.07) is 11.3. The molecule has 0 saturated heterocycles. The van der Waals surface area contributed by atoms with Gasteiger partial charge in [-0.25, -0.2) is 0 Å². The Hall–Kier alpha value is -2.53. The third-order valence-electron chi connectivity index (χ3n) is 4.29. The summed E-state index contributed by atoms with van der Waals surface area (Å²) >= 11 is 6.12. The van der Waals surface area contributed by atoms with Crippen LogP contribution in [0.3, 0.4) is 0 Å². The number of fused-ring (bicyclic) bond motifs is 2. The van der Waals surface area contributed by atoms with Crippen LogP contribution in [0.25, 0.3) is 32.9 Å². The van der Waals surface area contributed by atoms with Gasteiger partial charge in [0, 0.05) is 38.8 Å². The van der Waals surface area contributed by atoms with Gasteiger partial charge >= 0.3 is 6.18 Å². The number of aromatic amines is 1. The molecule has 0 aliphatic rings. The van der Waals surface area contributed by atoms with Gasteiger partial charge in [-0.3, -0.25) is 4.98 Å². The maximum atomic E-state index is 13.3. The van der Waals surface area contributed by atoms with E-state index in [4.69, 9.17) is 11.6 Å². The predicted octanol–water partition coefficient (Wildman–Crippen LogP) is 6.36. The van der Waals surface area contributed by atoms with Crippen LogP contribution in [0.4, 0.5) is 13.2 Å². The number of nitrogens with zero attached hydrogens (tertiary/aromatic N) is 1. The van der Waals surface area contributed by atoms with Crippen LogP contribution in [0.5, 0.6) is 0 Å². The van der Waals surface area contributed by atoms with E-state index in [0.29, 0.717) is 16.0 Å². The molecule has 0 aliphatic carbocycles. The van der Waals surface area contributed by atoms with Gasteiger partial charge in [0.1, 0.15) is 0 Å². The Morgan fingerprint density at radius 2 is 1.84 bits per heavy atom. The van der Waals surface area contributed by atoms with Gasteiger partial charge in [0.25, 0.3) is 0 Å². The molecule has 0 amide bonds. The number of hydrogen-bond donors (Lipinski definition) is 1. The van der Waals surface area contributed by atoms with Gasteiger partial charge < -0.3 is 4.98 Å². The molecule has 1 N–H and O–H groups in total. The fourth-order valence-electron chi connectivity index (χ4n) is 3.27. The standard InChI is InChI=1S/C19H12ClF3N2/c1-10-17(14-9-11(20)5-6-16(14)25-10)12-7-8-24-18-13(12)3-2-4-15(18)19(21,22)23/h2-9,25H,1H3. The molecule has 0 atom stereocenters. The highest BCUT2D eigenvalue weighted by Crippen LogP contribution is 2.40. The smallest absolute Gasteiger partial charge is 0.358 e. The summed E-state index contributed by atoms with van der Waals surface area (Å²) in [7, 11) is 0. The van der Waals surface area contributed by atoms with Crippen molar-refractivity contribution in [2.75, 3.05) is 0 Å². The molecular formula is C19H12ClF3N2. The molecule has 2 aromatic heterocycles. The second kappa shape index (κ2) is 5.49. The Bertz CT molecular complexity index is 1110. The summed E-state index contributed by atoms with van der Waals surface area (Å²) in [6.45, 7) is 1.89. The fraction of sp³-hybridized carbons (Fsp3) is 0.105. The summed E-state index contributed by atoms with van der Waals surface area (Å²) in [6.07, 6.45) is -3.04. The Balaban J connectivity index is 2.10. The minimum absolute atomic E-state index is 0.0525. The molecule has 0 aliphatic heterocycles. The van der Waals surface area contributed by atoms with Gasteiger partial charge in [0.05, 0.1) is 11.1 Å². The topological polar surface area (TPSA) is 28.7 Å². The highest BCUT2D eigenvalue weighted by atomic mass is 35.5. The van der Waals surface area contributed by atoms with Crippen molar-refractivity contribution in [3.8, 4) is 11.1 Å². The van der Waals surface area contributed by atoms with Gasteiger partial charge in [-0.2, -0.15) is 13.2 Å². The Morgan fingerprint density at radius 3 is 2.60 bits per heavy atom. The second-order valence-corrected chi connectivity index (χ2v) is 6.31. The number of para-hydroxylation sites is 1. The van der Waals surface area contributed by atoms with Crippen LogP contribution in [0.1, 0.15) is 11.3 Å². The normalized spacial score (nSPS) is 12.2. The summed E-state index contributed by atoms with van der Waals surface area (Å²) < 4.78 is 39.9. The van der Waals surface area contributed by atoms with Crippen molar-refractivity contribution in [3.05, 3.63) is 64.9 Å². The highest BCUT2D eigenvalue weighted by molar-refractivity contribution is 6.31. The van der Waals surface area contributed by atoms with E-state index in [2.05, 4.69) is 9.97 Å². The molecule has 0 unspecified atom stereocenters. The predicted molar refractivity (Wildman–Crippen MR) is 93.8 cm³/mol. The summed E-state index contributed by atoms with van der Waals surface area (Å²) in [4.78, 5) is 7.25. The average Bonchev–Trinajstić information content (AvgIpc) is 2.88. The molecule has 0 radical (unpaired) electrons. The fourth-order valence-corrected chi connectivity index (χ4v) is 3.44. The quantitative estimate of drug-likeness (QED) is 0.420. The van der Waals surface area contributed by atoms with Gasteiger partial charge in [0.15, 0.2) is 0 Å². The van der Waals surface area contributed by atoms with Crippen molar-refractivity contribution in [3.63, 3.8) is 0 Å². The van der Waals surface area contributed by atoms with E-state index < -0.39 is 11.7 Å². The maximum absolute atomic E-state index is 13.3. The van der Waals surface area contributed by atoms with Crippen molar-refractivity contribution in [2.45, 2.75) is 13.1 Å². The molecule has 2 nitrogen and oxygen atoms in total. The number of halogens is 4. The number of aromatic nitrogens is 2. The zero-order valence-corrected chi connectivity index (χ0v) is 13.8. The number of alkyl halides is 3. The zero-order chi connectivity index (χ0) is 17.8. The van der Waals surface area contributed by atoms with Crippen LogP contribution >= 0.6 is 11.6 Å². The van der Waals surface area contributed by atoms with E-state index in [0.717, 1.165) is 28.2 Å². The van der Waals surface area contributed by atoms with E-state index in [9.17, 15) is 13.2 Å². The lowest BCUT2D eigenvalue weighted by atomic mass is 9.97. The SMILES string of the molecule is Cc1[nH]c2ccc(Cl)cc2c1-c1ccnc2c(C(F)(F)F)cccc12. The molecule has 4 aromatic rings. The lowest BCUT2D eigenvalue weighted by Crippen LogP contribution is -2.06. The first-order valence-electron chi connectivity index (χ1n) is 7.59. The Morgan fingerprint density at radius 1 is 1.04 bits per heavy atom. The number of H-pyrrole nitrogens is 1. The molecule has 0 bridgehead atoms. The van der Waals surface area contributed by atoms with Gasteiger partial charge in [-0.05, 0) is 42.8 Å². The van der Waals surface area contributed by atoms with Crippen LogP contribution < -0.4 is 0 Å². The Kier molecular flexibility index (Phi) is 3.51. The van der Waals surface area contributed by atoms with Crippen molar-refractivity contribution in [1.29, 1.82) is 0 Å². The van der Waals surface area contributed by atoms with Crippen molar-refractivity contribution >= 4 is 33.4 Å². The molecule has 0 spiro atoms.